The van der Waals surface area contributed by atoms with Crippen molar-refractivity contribution in [3.8, 4) is 0 Å². The zero-order valence-electron chi connectivity index (χ0n) is 11.9. The predicted octanol–water partition coefficient (Wildman–Crippen LogP) is 1.78. The molecule has 2 aliphatic rings. The fourth-order valence-electron chi connectivity index (χ4n) is 3.44. The van der Waals surface area contributed by atoms with Gasteiger partial charge < -0.3 is 10.0 Å². The van der Waals surface area contributed by atoms with Gasteiger partial charge in [-0.25, -0.2) is 9.37 Å². The molecule has 20 heavy (non-hydrogen) atoms. The number of fused-ring (bicyclic) bond motifs is 1. The summed E-state index contributed by atoms with van der Waals surface area (Å²) in [7, 11) is 0. The van der Waals surface area contributed by atoms with Gasteiger partial charge in [-0.05, 0) is 32.4 Å². The van der Waals surface area contributed by atoms with Gasteiger partial charge in [0.15, 0.2) is 11.6 Å². The van der Waals surface area contributed by atoms with Gasteiger partial charge in [0.2, 0.25) is 0 Å². The zero-order valence-corrected chi connectivity index (χ0v) is 11.9. The topological polar surface area (TPSA) is 39.6 Å². The molecule has 2 saturated heterocycles. The number of aliphatic hydroxyl groups excluding tert-OH is 1. The third-order valence-electron chi connectivity index (χ3n) is 4.58. The smallest absolute Gasteiger partial charge is 0.171 e. The molecule has 0 aromatic carbocycles. The summed E-state index contributed by atoms with van der Waals surface area (Å²) in [6, 6.07) is 2.31. The minimum Gasteiger partial charge on any atom is -0.392 e. The maximum Gasteiger partial charge on any atom is 0.171 e. The third-order valence-corrected chi connectivity index (χ3v) is 4.58. The van der Waals surface area contributed by atoms with Gasteiger partial charge in [0.05, 0.1) is 6.61 Å². The van der Waals surface area contributed by atoms with Crippen molar-refractivity contribution < 1.29 is 9.50 Å². The van der Waals surface area contributed by atoms with Gasteiger partial charge >= 0.3 is 0 Å². The lowest BCUT2D eigenvalue weighted by Gasteiger charge is -2.48. The molecule has 2 aliphatic heterocycles. The van der Waals surface area contributed by atoms with E-state index in [9.17, 15) is 9.50 Å². The Kier molecular flexibility index (Phi) is 3.89. The highest BCUT2D eigenvalue weighted by Gasteiger charge is 2.34. The molecular weight excluding hydrogens is 257 g/mol. The van der Waals surface area contributed by atoms with Crippen molar-refractivity contribution in [2.24, 2.45) is 0 Å². The van der Waals surface area contributed by atoms with Crippen LogP contribution in [0.5, 0.6) is 0 Å². The molecule has 5 heteroatoms. The van der Waals surface area contributed by atoms with E-state index in [2.05, 4.69) is 21.7 Å². The first kappa shape index (κ1) is 13.8. The van der Waals surface area contributed by atoms with Gasteiger partial charge in [0.25, 0.3) is 0 Å². The van der Waals surface area contributed by atoms with Gasteiger partial charge in [0.1, 0.15) is 0 Å². The first-order chi connectivity index (χ1) is 9.70. The lowest BCUT2D eigenvalue weighted by atomic mass is 9.97. The monoisotopic (exact) mass is 279 g/mol. The lowest BCUT2D eigenvalue weighted by Crippen LogP contribution is -2.59. The number of hydrogen-bond acceptors (Lipinski definition) is 4. The van der Waals surface area contributed by atoms with Crippen LogP contribution in [0.1, 0.15) is 31.7 Å². The Morgan fingerprint density at radius 3 is 3.05 bits per heavy atom. The van der Waals surface area contributed by atoms with Crippen LogP contribution in [0.15, 0.2) is 12.3 Å². The van der Waals surface area contributed by atoms with Crippen molar-refractivity contribution in [2.45, 2.75) is 44.9 Å². The third kappa shape index (κ3) is 2.40. The fraction of sp³-hybridized carbons (Fsp3) is 0.667. The largest absolute Gasteiger partial charge is 0.392 e. The standard InChI is InChI=1S/C15H22FN3O/c1-11-8-18-7-3-2-4-13(18)9-19(11)15-14(16)12(10-20)5-6-17-15/h5-6,11,13,20H,2-4,7-10H2,1H3. The van der Waals surface area contributed by atoms with Crippen LogP contribution in [0.2, 0.25) is 0 Å². The maximum atomic E-state index is 14.4. The van der Waals surface area contributed by atoms with Crippen LogP contribution in [0.4, 0.5) is 10.2 Å². The van der Waals surface area contributed by atoms with Crippen LogP contribution in [0, 0.1) is 5.82 Å². The molecule has 4 nitrogen and oxygen atoms in total. The van der Waals surface area contributed by atoms with Crippen molar-refractivity contribution in [2.75, 3.05) is 24.5 Å². The maximum absolute atomic E-state index is 14.4. The first-order valence-electron chi connectivity index (χ1n) is 7.45. The molecule has 0 radical (unpaired) electrons. The van der Waals surface area contributed by atoms with Gasteiger partial charge in [-0.1, -0.05) is 6.42 Å². The fourth-order valence-corrected chi connectivity index (χ4v) is 3.44. The zero-order chi connectivity index (χ0) is 14.1. The van der Waals surface area contributed by atoms with E-state index in [0.29, 0.717) is 17.4 Å². The van der Waals surface area contributed by atoms with Gasteiger partial charge in [0, 0.05) is 36.9 Å². The van der Waals surface area contributed by atoms with Crippen molar-refractivity contribution in [1.29, 1.82) is 0 Å². The Labute approximate surface area is 119 Å². The Morgan fingerprint density at radius 2 is 2.25 bits per heavy atom. The average Bonchev–Trinajstić information content (AvgIpc) is 2.47. The molecule has 0 spiro atoms. The number of halogens is 1. The normalized spacial score (nSPS) is 27.4. The van der Waals surface area contributed by atoms with E-state index in [-0.39, 0.29) is 18.5 Å². The highest BCUT2D eigenvalue weighted by atomic mass is 19.1. The van der Waals surface area contributed by atoms with Crippen LogP contribution in [-0.2, 0) is 6.61 Å². The average molecular weight is 279 g/mol. The van der Waals surface area contributed by atoms with E-state index in [4.69, 9.17) is 0 Å². The number of rotatable bonds is 2. The summed E-state index contributed by atoms with van der Waals surface area (Å²) in [6.45, 7) is 4.81. The van der Waals surface area contributed by atoms with Gasteiger partial charge in [-0.3, -0.25) is 4.90 Å². The van der Waals surface area contributed by atoms with Crippen LogP contribution in [-0.4, -0.2) is 46.7 Å². The second-order valence-electron chi connectivity index (χ2n) is 5.91. The number of hydrogen-bond donors (Lipinski definition) is 1. The van der Waals surface area contributed by atoms with Gasteiger partial charge in [-0.15, -0.1) is 0 Å². The lowest BCUT2D eigenvalue weighted by molar-refractivity contribution is 0.115. The summed E-state index contributed by atoms with van der Waals surface area (Å²) in [5.41, 5.74) is 0.327. The molecule has 2 fully saturated rings. The molecular formula is C15H22FN3O. The van der Waals surface area contributed by atoms with E-state index in [1.54, 1.807) is 12.3 Å². The number of aliphatic hydroxyl groups is 1. The summed E-state index contributed by atoms with van der Waals surface area (Å²) in [5.74, 6) is 0.0281. The summed E-state index contributed by atoms with van der Waals surface area (Å²) < 4.78 is 14.4. The van der Waals surface area contributed by atoms with Crippen molar-refractivity contribution >= 4 is 5.82 Å². The molecule has 3 heterocycles. The highest BCUT2D eigenvalue weighted by molar-refractivity contribution is 5.45. The summed E-state index contributed by atoms with van der Waals surface area (Å²) >= 11 is 0. The molecule has 110 valence electrons. The summed E-state index contributed by atoms with van der Waals surface area (Å²) in [5, 5.41) is 9.20. The molecule has 1 aromatic heterocycles. The van der Waals surface area contributed by atoms with Gasteiger partial charge in [-0.2, -0.15) is 0 Å². The van der Waals surface area contributed by atoms with Crippen LogP contribution < -0.4 is 4.90 Å². The van der Waals surface area contributed by atoms with Crippen LogP contribution in [0.25, 0.3) is 0 Å². The summed E-state index contributed by atoms with van der Waals surface area (Å²) in [6.07, 6.45) is 5.31. The minimum absolute atomic E-state index is 0.250. The van der Waals surface area contributed by atoms with Crippen LogP contribution in [0.3, 0.4) is 0 Å². The molecule has 0 saturated carbocycles. The molecule has 2 unspecified atom stereocenters. The van der Waals surface area contributed by atoms with Crippen molar-refractivity contribution in [3.05, 3.63) is 23.6 Å². The molecule has 0 bridgehead atoms. The molecule has 0 amide bonds. The van der Waals surface area contributed by atoms with E-state index < -0.39 is 0 Å². The molecule has 3 rings (SSSR count). The van der Waals surface area contributed by atoms with E-state index >= 15 is 0 Å². The predicted molar refractivity (Wildman–Crippen MR) is 76.1 cm³/mol. The van der Waals surface area contributed by atoms with Crippen LogP contribution >= 0.6 is 0 Å². The molecule has 2 atom stereocenters. The number of nitrogens with zero attached hydrogens (tertiary/aromatic N) is 3. The van der Waals surface area contributed by atoms with Crippen molar-refractivity contribution in [3.63, 3.8) is 0 Å². The Balaban J connectivity index is 1.86. The minimum atomic E-state index is -0.369. The number of pyridine rings is 1. The molecule has 0 aliphatic carbocycles. The van der Waals surface area contributed by atoms with E-state index in [0.717, 1.165) is 19.6 Å². The number of aromatic nitrogens is 1. The second-order valence-corrected chi connectivity index (χ2v) is 5.91. The number of anilines is 1. The number of piperazine rings is 1. The Hall–Kier alpha value is -1.20. The Bertz CT molecular complexity index is 482. The summed E-state index contributed by atoms with van der Waals surface area (Å²) in [4.78, 5) is 8.82. The quantitative estimate of drug-likeness (QED) is 0.896. The molecule has 1 N–H and O–H groups in total. The molecule has 1 aromatic rings. The van der Waals surface area contributed by atoms with Crippen molar-refractivity contribution in [1.82, 2.24) is 9.88 Å². The van der Waals surface area contributed by atoms with E-state index in [1.165, 1.54) is 19.3 Å². The first-order valence-corrected chi connectivity index (χ1v) is 7.45. The highest BCUT2D eigenvalue weighted by Crippen LogP contribution is 2.29. The second kappa shape index (κ2) is 5.66. The number of piperidine rings is 1. The SMILES string of the molecule is CC1CN2CCCCC2CN1c1nccc(CO)c1F. The Morgan fingerprint density at radius 1 is 1.40 bits per heavy atom. The van der Waals surface area contributed by atoms with E-state index in [1.807, 2.05) is 0 Å².